The van der Waals surface area contributed by atoms with Gasteiger partial charge in [-0.15, -0.1) is 11.6 Å². The molecule has 0 fully saturated rings. The number of alkyl halides is 1. The van der Waals surface area contributed by atoms with Crippen LogP contribution in [0.3, 0.4) is 0 Å². The minimum absolute atomic E-state index is 0.0209. The van der Waals surface area contributed by atoms with Crippen molar-refractivity contribution in [1.29, 1.82) is 0 Å². The smallest absolute Gasteiger partial charge is 0.220 e. The summed E-state index contributed by atoms with van der Waals surface area (Å²) in [6, 6.07) is 3.71. The van der Waals surface area contributed by atoms with Crippen molar-refractivity contribution < 1.29 is 9.21 Å². The number of nitrogens with one attached hydrogen (secondary N) is 1. The van der Waals surface area contributed by atoms with Crippen LogP contribution in [0.25, 0.3) is 0 Å². The average molecular weight is 272 g/mol. The molecule has 3 nitrogen and oxygen atoms in total. The summed E-state index contributed by atoms with van der Waals surface area (Å²) in [7, 11) is 0. The van der Waals surface area contributed by atoms with Crippen LogP contribution in [0.15, 0.2) is 22.8 Å². The van der Waals surface area contributed by atoms with E-state index in [-0.39, 0.29) is 11.3 Å². The number of hydrogen-bond donors (Lipinski definition) is 1. The van der Waals surface area contributed by atoms with Crippen LogP contribution < -0.4 is 5.32 Å². The fourth-order valence-corrected chi connectivity index (χ4v) is 2.39. The second kappa shape index (κ2) is 8.20. The molecule has 1 amide bonds. The standard InChI is InChI=1S/C14H22ClNO2/c1-3-11(4-2)13(15)10-16-14(17)8-7-12-6-5-9-18-12/h5-6,9,11,13H,3-4,7-8,10H2,1-2H3,(H,16,17). The Labute approximate surface area is 114 Å². The van der Waals surface area contributed by atoms with Crippen LogP contribution in [0.5, 0.6) is 0 Å². The van der Waals surface area contributed by atoms with Gasteiger partial charge in [0.05, 0.1) is 11.6 Å². The lowest BCUT2D eigenvalue weighted by Gasteiger charge is -2.19. The molecule has 1 heterocycles. The number of hydrogen-bond acceptors (Lipinski definition) is 2. The van der Waals surface area contributed by atoms with Crippen molar-refractivity contribution in [2.24, 2.45) is 5.92 Å². The summed E-state index contributed by atoms with van der Waals surface area (Å²) in [5.41, 5.74) is 0. The molecule has 0 saturated carbocycles. The Kier molecular flexibility index (Phi) is 6.88. The van der Waals surface area contributed by atoms with Crippen molar-refractivity contribution in [1.82, 2.24) is 5.32 Å². The summed E-state index contributed by atoms with van der Waals surface area (Å²) in [5, 5.41) is 2.90. The Hall–Kier alpha value is -0.960. The van der Waals surface area contributed by atoms with E-state index in [0.717, 1.165) is 18.6 Å². The summed E-state index contributed by atoms with van der Waals surface area (Å²) in [4.78, 5) is 11.6. The monoisotopic (exact) mass is 271 g/mol. The number of carbonyl (C=O) groups excluding carboxylic acids is 1. The lowest BCUT2D eigenvalue weighted by molar-refractivity contribution is -0.121. The van der Waals surface area contributed by atoms with Gasteiger partial charge in [0.1, 0.15) is 5.76 Å². The molecule has 0 aliphatic heterocycles. The van der Waals surface area contributed by atoms with E-state index in [1.54, 1.807) is 6.26 Å². The summed E-state index contributed by atoms with van der Waals surface area (Å²) in [6.45, 7) is 4.80. The molecule has 0 aliphatic carbocycles. The van der Waals surface area contributed by atoms with E-state index < -0.39 is 0 Å². The molecule has 0 aromatic carbocycles. The summed E-state index contributed by atoms with van der Waals surface area (Å²) in [5.74, 6) is 1.34. The largest absolute Gasteiger partial charge is 0.469 e. The topological polar surface area (TPSA) is 42.2 Å². The van der Waals surface area contributed by atoms with Crippen molar-refractivity contribution >= 4 is 17.5 Å². The van der Waals surface area contributed by atoms with Crippen molar-refractivity contribution in [3.8, 4) is 0 Å². The zero-order valence-electron chi connectivity index (χ0n) is 11.1. The second-order valence-corrected chi connectivity index (χ2v) is 5.04. The predicted octanol–water partition coefficient (Wildman–Crippen LogP) is 3.37. The highest BCUT2D eigenvalue weighted by Gasteiger charge is 2.16. The Morgan fingerprint density at radius 3 is 2.72 bits per heavy atom. The zero-order chi connectivity index (χ0) is 13.4. The number of aryl methyl sites for hydroxylation is 1. The highest BCUT2D eigenvalue weighted by Crippen LogP contribution is 2.17. The van der Waals surface area contributed by atoms with Crippen LogP contribution in [0, 0.1) is 5.92 Å². The van der Waals surface area contributed by atoms with Gasteiger partial charge in [0, 0.05) is 19.4 Å². The molecule has 0 spiro atoms. The molecule has 0 saturated heterocycles. The van der Waals surface area contributed by atoms with Crippen molar-refractivity contribution in [2.45, 2.75) is 44.9 Å². The molecule has 1 rings (SSSR count). The fraction of sp³-hybridized carbons (Fsp3) is 0.643. The first-order valence-corrected chi connectivity index (χ1v) is 7.04. The maximum atomic E-state index is 11.6. The van der Waals surface area contributed by atoms with Gasteiger partial charge in [-0.3, -0.25) is 4.79 Å². The number of carbonyl (C=O) groups is 1. The van der Waals surface area contributed by atoms with Gasteiger partial charge >= 0.3 is 0 Å². The second-order valence-electron chi connectivity index (χ2n) is 4.48. The van der Waals surface area contributed by atoms with Crippen LogP contribution in [-0.2, 0) is 11.2 Å². The quantitative estimate of drug-likeness (QED) is 0.737. The molecule has 1 atom stereocenters. The Bertz CT molecular complexity index is 334. The minimum atomic E-state index is 0.0209. The zero-order valence-corrected chi connectivity index (χ0v) is 11.9. The van der Waals surface area contributed by atoms with Crippen LogP contribution in [0.4, 0.5) is 0 Å². The Morgan fingerprint density at radius 2 is 2.17 bits per heavy atom. The highest BCUT2D eigenvalue weighted by molar-refractivity contribution is 6.21. The molecule has 102 valence electrons. The van der Waals surface area contributed by atoms with Crippen molar-refractivity contribution in [3.63, 3.8) is 0 Å². The molecule has 0 bridgehead atoms. The summed E-state index contributed by atoms with van der Waals surface area (Å²) in [6.07, 6.45) is 4.80. The van der Waals surface area contributed by atoms with E-state index in [9.17, 15) is 4.79 Å². The van der Waals surface area contributed by atoms with Crippen LogP contribution in [-0.4, -0.2) is 17.8 Å². The first kappa shape index (κ1) is 15.1. The van der Waals surface area contributed by atoms with E-state index in [2.05, 4.69) is 19.2 Å². The van der Waals surface area contributed by atoms with Gasteiger partial charge in [-0.05, 0) is 18.1 Å². The van der Waals surface area contributed by atoms with E-state index in [0.29, 0.717) is 25.3 Å². The molecule has 0 radical (unpaired) electrons. The first-order chi connectivity index (χ1) is 8.67. The highest BCUT2D eigenvalue weighted by atomic mass is 35.5. The van der Waals surface area contributed by atoms with Gasteiger partial charge in [0.2, 0.25) is 5.91 Å². The number of amides is 1. The number of furan rings is 1. The van der Waals surface area contributed by atoms with Crippen molar-refractivity contribution in [3.05, 3.63) is 24.2 Å². The minimum Gasteiger partial charge on any atom is -0.469 e. The third kappa shape index (κ3) is 5.13. The molecule has 4 heteroatoms. The van der Waals surface area contributed by atoms with Crippen molar-refractivity contribution in [2.75, 3.05) is 6.54 Å². The molecule has 1 N–H and O–H groups in total. The van der Waals surface area contributed by atoms with Gasteiger partial charge < -0.3 is 9.73 Å². The van der Waals surface area contributed by atoms with Gasteiger partial charge in [0.25, 0.3) is 0 Å². The molecule has 18 heavy (non-hydrogen) atoms. The van der Waals surface area contributed by atoms with Gasteiger partial charge in [-0.1, -0.05) is 26.7 Å². The third-order valence-electron chi connectivity index (χ3n) is 3.23. The Morgan fingerprint density at radius 1 is 1.44 bits per heavy atom. The maximum absolute atomic E-state index is 11.6. The molecular formula is C14H22ClNO2. The predicted molar refractivity (Wildman–Crippen MR) is 73.8 cm³/mol. The molecule has 0 aliphatic rings. The van der Waals surface area contributed by atoms with Gasteiger partial charge in [0.15, 0.2) is 0 Å². The SMILES string of the molecule is CCC(CC)C(Cl)CNC(=O)CCc1ccco1. The first-order valence-electron chi connectivity index (χ1n) is 6.60. The molecule has 1 unspecified atom stereocenters. The van der Waals surface area contributed by atoms with Gasteiger partial charge in [-0.2, -0.15) is 0 Å². The molecule has 1 aromatic heterocycles. The molecular weight excluding hydrogens is 250 g/mol. The van der Waals surface area contributed by atoms with E-state index >= 15 is 0 Å². The molecule has 1 aromatic rings. The van der Waals surface area contributed by atoms with Crippen LogP contribution >= 0.6 is 11.6 Å². The lowest BCUT2D eigenvalue weighted by atomic mass is 9.99. The fourth-order valence-electron chi connectivity index (χ4n) is 1.96. The average Bonchev–Trinajstić information content (AvgIpc) is 2.88. The van der Waals surface area contributed by atoms with Gasteiger partial charge in [-0.25, -0.2) is 0 Å². The lowest BCUT2D eigenvalue weighted by Crippen LogP contribution is -2.33. The van der Waals surface area contributed by atoms with E-state index in [4.69, 9.17) is 16.0 Å². The third-order valence-corrected chi connectivity index (χ3v) is 3.74. The summed E-state index contributed by atoms with van der Waals surface area (Å²) < 4.78 is 5.18. The van der Waals surface area contributed by atoms with E-state index in [1.165, 1.54) is 0 Å². The van der Waals surface area contributed by atoms with E-state index in [1.807, 2.05) is 12.1 Å². The number of halogens is 1. The normalized spacial score (nSPS) is 12.7. The van der Waals surface area contributed by atoms with Crippen LogP contribution in [0.1, 0.15) is 38.9 Å². The Balaban J connectivity index is 2.20. The number of rotatable bonds is 8. The van der Waals surface area contributed by atoms with Crippen LogP contribution in [0.2, 0.25) is 0 Å². The maximum Gasteiger partial charge on any atom is 0.220 e. The summed E-state index contributed by atoms with van der Waals surface area (Å²) >= 11 is 6.26.